The molecule has 1 saturated heterocycles. The molecule has 2 heterocycles. The summed E-state index contributed by atoms with van der Waals surface area (Å²) in [5.41, 5.74) is 1.67. The van der Waals surface area contributed by atoms with E-state index in [4.69, 9.17) is 0 Å². The summed E-state index contributed by atoms with van der Waals surface area (Å²) in [5.74, 6) is -0.693. The lowest BCUT2D eigenvalue weighted by Crippen LogP contribution is -2.28. The number of nitrogens with zero attached hydrogens (tertiary/aromatic N) is 2. The van der Waals surface area contributed by atoms with Crippen LogP contribution in [0.5, 0.6) is 0 Å². The molecule has 1 N–H and O–H groups in total. The molecular weight excluding hydrogens is 407 g/mol. The molecule has 8 heteroatoms. The summed E-state index contributed by atoms with van der Waals surface area (Å²) in [6, 6.07) is 10.5. The van der Waals surface area contributed by atoms with Crippen LogP contribution in [-0.4, -0.2) is 36.3 Å². The standard InChI is InChI=1S/C23H22F3N3O2/c1-15-17-6-2-3-7-18(17)22(31)29(15)13-10-21(30)27-19-14-16(23(24,25)26)8-9-20(19)28-11-4-5-12-28/h2-3,6-9,14H,1,4-5,10-13H2,(H,27,30). The number of hydrogen-bond acceptors (Lipinski definition) is 3. The van der Waals surface area contributed by atoms with Crippen LogP contribution in [0.1, 0.15) is 40.7 Å². The SMILES string of the molecule is C=C1c2ccccc2C(=O)N1CCC(=O)Nc1cc(C(F)(F)F)ccc1N1CCCC1. The highest BCUT2D eigenvalue weighted by atomic mass is 19.4. The number of rotatable bonds is 5. The van der Waals surface area contributed by atoms with Gasteiger partial charge >= 0.3 is 6.18 Å². The Labute approximate surface area is 178 Å². The zero-order chi connectivity index (χ0) is 22.2. The molecule has 0 atom stereocenters. The number of amides is 2. The molecule has 2 aromatic rings. The molecule has 1 fully saturated rings. The third-order valence-corrected chi connectivity index (χ3v) is 5.65. The van der Waals surface area contributed by atoms with Crippen LogP contribution in [0.25, 0.3) is 5.70 Å². The van der Waals surface area contributed by atoms with E-state index < -0.39 is 17.6 Å². The van der Waals surface area contributed by atoms with Crippen molar-refractivity contribution in [3.05, 3.63) is 65.7 Å². The van der Waals surface area contributed by atoms with Gasteiger partial charge in [-0.3, -0.25) is 9.59 Å². The van der Waals surface area contributed by atoms with E-state index in [1.54, 1.807) is 24.3 Å². The molecule has 162 valence electrons. The van der Waals surface area contributed by atoms with Crippen LogP contribution in [0, 0.1) is 0 Å². The first-order chi connectivity index (χ1) is 14.8. The predicted molar refractivity (Wildman–Crippen MR) is 113 cm³/mol. The molecule has 0 unspecified atom stereocenters. The lowest BCUT2D eigenvalue weighted by Gasteiger charge is -2.23. The highest BCUT2D eigenvalue weighted by Crippen LogP contribution is 2.37. The van der Waals surface area contributed by atoms with E-state index in [0.717, 1.165) is 43.6 Å². The molecule has 2 amide bonds. The molecule has 2 aliphatic heterocycles. The van der Waals surface area contributed by atoms with E-state index in [-0.39, 0.29) is 24.6 Å². The fraction of sp³-hybridized carbons (Fsp3) is 0.304. The van der Waals surface area contributed by atoms with E-state index in [0.29, 0.717) is 16.9 Å². The molecular formula is C23H22F3N3O2. The third kappa shape index (κ3) is 4.15. The largest absolute Gasteiger partial charge is 0.416 e. The van der Waals surface area contributed by atoms with E-state index in [1.165, 1.54) is 11.0 Å². The van der Waals surface area contributed by atoms with Crippen molar-refractivity contribution in [3.63, 3.8) is 0 Å². The number of carbonyl (C=O) groups excluding carboxylic acids is 2. The maximum absolute atomic E-state index is 13.2. The Balaban J connectivity index is 1.48. The van der Waals surface area contributed by atoms with E-state index in [9.17, 15) is 22.8 Å². The second kappa shape index (κ2) is 8.09. The van der Waals surface area contributed by atoms with Crippen molar-refractivity contribution < 1.29 is 22.8 Å². The summed E-state index contributed by atoms with van der Waals surface area (Å²) >= 11 is 0. The van der Waals surface area contributed by atoms with Crippen LogP contribution in [-0.2, 0) is 11.0 Å². The Kier molecular flexibility index (Phi) is 5.47. The fourth-order valence-corrected chi connectivity index (χ4v) is 4.04. The van der Waals surface area contributed by atoms with Crippen molar-refractivity contribution in [2.24, 2.45) is 0 Å². The van der Waals surface area contributed by atoms with E-state index in [2.05, 4.69) is 11.9 Å². The van der Waals surface area contributed by atoms with Crippen molar-refractivity contribution in [2.45, 2.75) is 25.4 Å². The van der Waals surface area contributed by atoms with Gasteiger partial charge in [-0.1, -0.05) is 24.8 Å². The normalized spacial score (nSPS) is 16.1. The summed E-state index contributed by atoms with van der Waals surface area (Å²) in [6.07, 6.45) is -2.66. The molecule has 4 rings (SSSR count). The predicted octanol–water partition coefficient (Wildman–Crippen LogP) is 4.76. The molecule has 0 saturated carbocycles. The Morgan fingerprint density at radius 3 is 2.39 bits per heavy atom. The number of carbonyl (C=O) groups is 2. The van der Waals surface area contributed by atoms with Crippen molar-refractivity contribution in [1.82, 2.24) is 4.90 Å². The lowest BCUT2D eigenvalue weighted by atomic mass is 10.1. The fourth-order valence-electron chi connectivity index (χ4n) is 4.04. The van der Waals surface area contributed by atoms with Crippen molar-refractivity contribution >= 4 is 28.9 Å². The molecule has 2 aliphatic rings. The molecule has 0 spiro atoms. The molecule has 0 radical (unpaired) electrons. The number of halogens is 3. The van der Waals surface area contributed by atoms with Gasteiger partial charge in [0.15, 0.2) is 0 Å². The van der Waals surface area contributed by atoms with Gasteiger partial charge in [0.05, 0.1) is 16.9 Å². The maximum Gasteiger partial charge on any atom is 0.416 e. The van der Waals surface area contributed by atoms with Crippen molar-refractivity contribution in [2.75, 3.05) is 29.9 Å². The second-order valence-electron chi connectivity index (χ2n) is 7.67. The summed E-state index contributed by atoms with van der Waals surface area (Å²) < 4.78 is 39.6. The smallest absolute Gasteiger partial charge is 0.370 e. The first-order valence-corrected chi connectivity index (χ1v) is 10.1. The number of nitrogens with one attached hydrogen (secondary N) is 1. The van der Waals surface area contributed by atoms with Gasteiger partial charge in [0, 0.05) is 42.9 Å². The maximum atomic E-state index is 13.2. The van der Waals surface area contributed by atoms with Gasteiger partial charge in [-0.15, -0.1) is 0 Å². The highest BCUT2D eigenvalue weighted by molar-refractivity contribution is 6.09. The molecule has 31 heavy (non-hydrogen) atoms. The van der Waals surface area contributed by atoms with Crippen LogP contribution in [0.4, 0.5) is 24.5 Å². The number of anilines is 2. The van der Waals surface area contributed by atoms with Gasteiger partial charge in [0.1, 0.15) is 0 Å². The minimum Gasteiger partial charge on any atom is -0.370 e. The number of hydrogen-bond donors (Lipinski definition) is 1. The van der Waals surface area contributed by atoms with Crippen LogP contribution in [0.15, 0.2) is 49.0 Å². The molecule has 0 aromatic heterocycles. The average molecular weight is 429 g/mol. The Morgan fingerprint density at radius 2 is 1.74 bits per heavy atom. The topological polar surface area (TPSA) is 52.7 Å². The lowest BCUT2D eigenvalue weighted by molar-refractivity contribution is -0.137. The average Bonchev–Trinajstić information content (AvgIpc) is 3.34. The number of benzene rings is 2. The molecule has 0 aliphatic carbocycles. The van der Waals surface area contributed by atoms with Crippen LogP contribution >= 0.6 is 0 Å². The van der Waals surface area contributed by atoms with Gasteiger partial charge in [-0.25, -0.2) is 0 Å². The first-order valence-electron chi connectivity index (χ1n) is 10.1. The summed E-state index contributed by atoms with van der Waals surface area (Å²) in [6.45, 7) is 5.49. The zero-order valence-electron chi connectivity index (χ0n) is 16.8. The van der Waals surface area contributed by atoms with Crippen molar-refractivity contribution in [1.29, 1.82) is 0 Å². The van der Waals surface area contributed by atoms with Gasteiger partial charge < -0.3 is 15.1 Å². The van der Waals surface area contributed by atoms with Crippen molar-refractivity contribution in [3.8, 4) is 0 Å². The van der Waals surface area contributed by atoms with E-state index in [1.807, 2.05) is 4.90 Å². The summed E-state index contributed by atoms with van der Waals surface area (Å²) in [4.78, 5) is 28.6. The van der Waals surface area contributed by atoms with Gasteiger partial charge in [-0.2, -0.15) is 13.2 Å². The quantitative estimate of drug-likeness (QED) is 0.746. The Morgan fingerprint density at radius 1 is 1.06 bits per heavy atom. The summed E-state index contributed by atoms with van der Waals surface area (Å²) in [5, 5.41) is 2.63. The monoisotopic (exact) mass is 429 g/mol. The Hall–Kier alpha value is -3.29. The van der Waals surface area contributed by atoms with Crippen LogP contribution < -0.4 is 10.2 Å². The van der Waals surface area contributed by atoms with E-state index >= 15 is 0 Å². The van der Waals surface area contributed by atoms with Crippen LogP contribution in [0.3, 0.4) is 0 Å². The third-order valence-electron chi connectivity index (χ3n) is 5.65. The molecule has 5 nitrogen and oxygen atoms in total. The van der Waals surface area contributed by atoms with Gasteiger partial charge in [-0.05, 0) is 37.1 Å². The number of alkyl halides is 3. The van der Waals surface area contributed by atoms with Gasteiger partial charge in [0.2, 0.25) is 5.91 Å². The minimum absolute atomic E-state index is 0.0611. The number of fused-ring (bicyclic) bond motifs is 1. The Bertz CT molecular complexity index is 1010. The summed E-state index contributed by atoms with van der Waals surface area (Å²) in [7, 11) is 0. The first kappa shape index (κ1) is 21.0. The zero-order valence-corrected chi connectivity index (χ0v) is 16.8. The highest BCUT2D eigenvalue weighted by Gasteiger charge is 2.33. The molecule has 2 aromatic carbocycles. The van der Waals surface area contributed by atoms with Crippen LogP contribution in [0.2, 0.25) is 0 Å². The second-order valence-corrected chi connectivity index (χ2v) is 7.67. The van der Waals surface area contributed by atoms with Gasteiger partial charge in [0.25, 0.3) is 5.91 Å². The molecule has 0 bridgehead atoms. The minimum atomic E-state index is -4.51.